The van der Waals surface area contributed by atoms with Crippen molar-refractivity contribution in [2.45, 2.75) is 31.8 Å². The summed E-state index contributed by atoms with van der Waals surface area (Å²) < 4.78 is 20.6. The molecule has 0 radical (unpaired) electrons. The second kappa shape index (κ2) is 11.4. The number of ketones is 1. The molecular weight excluding hydrogens is 431 g/mol. The number of halogens is 1. The first-order valence-electron chi connectivity index (χ1n) is 10.3. The van der Waals surface area contributed by atoms with Gasteiger partial charge < -0.3 is 10.1 Å². The summed E-state index contributed by atoms with van der Waals surface area (Å²) in [7, 11) is 0. The van der Waals surface area contributed by atoms with Crippen LogP contribution in [0.25, 0.3) is 5.69 Å². The fourth-order valence-electron chi connectivity index (χ4n) is 3.03. The minimum absolute atomic E-state index is 0.0754. The molecule has 168 valence electrons. The van der Waals surface area contributed by atoms with Gasteiger partial charge in [0.1, 0.15) is 17.4 Å². The van der Waals surface area contributed by atoms with E-state index in [-0.39, 0.29) is 23.3 Å². The molecule has 32 heavy (non-hydrogen) atoms. The van der Waals surface area contributed by atoms with E-state index in [1.54, 1.807) is 0 Å². The molecule has 0 aliphatic rings. The van der Waals surface area contributed by atoms with Gasteiger partial charge in [-0.25, -0.2) is 4.39 Å². The van der Waals surface area contributed by atoms with Gasteiger partial charge in [-0.05, 0) is 61.9 Å². The third kappa shape index (κ3) is 6.40. The molecule has 0 unspecified atom stereocenters. The summed E-state index contributed by atoms with van der Waals surface area (Å²) in [4.78, 5) is 23.6. The van der Waals surface area contributed by atoms with Crippen molar-refractivity contribution < 1.29 is 18.7 Å². The predicted molar refractivity (Wildman–Crippen MR) is 121 cm³/mol. The number of carbonyl (C=O) groups is 2. The number of Topliss-reactive ketones (excluding diaryl/α,β-unsaturated/α-hetero) is 1. The molecule has 0 aliphatic carbocycles. The third-order valence-electron chi connectivity index (χ3n) is 4.56. The van der Waals surface area contributed by atoms with Crippen LogP contribution in [0, 0.1) is 5.82 Å². The number of nitrogens with zero attached hydrogens (tertiary/aromatic N) is 3. The van der Waals surface area contributed by atoms with Crippen molar-refractivity contribution in [3.63, 3.8) is 0 Å². The van der Waals surface area contributed by atoms with Crippen molar-refractivity contribution in [3.8, 4) is 11.4 Å². The van der Waals surface area contributed by atoms with Crippen molar-refractivity contribution in [1.29, 1.82) is 0 Å². The van der Waals surface area contributed by atoms with E-state index in [0.29, 0.717) is 36.7 Å². The number of hydrogen-bond donors (Lipinski definition) is 1. The highest BCUT2D eigenvalue weighted by molar-refractivity contribution is 7.99. The second-order valence-electron chi connectivity index (χ2n) is 6.97. The molecule has 2 aromatic carbocycles. The molecule has 0 saturated heterocycles. The first kappa shape index (κ1) is 23.5. The van der Waals surface area contributed by atoms with Gasteiger partial charge in [0.05, 0.1) is 12.4 Å². The van der Waals surface area contributed by atoms with Crippen LogP contribution in [0.3, 0.4) is 0 Å². The fraction of sp³-hybridized carbons (Fsp3) is 0.304. The summed E-state index contributed by atoms with van der Waals surface area (Å²) in [6.45, 7) is 4.52. The molecule has 1 N–H and O–H groups in total. The Bertz CT molecular complexity index is 1050. The summed E-state index contributed by atoms with van der Waals surface area (Å²) >= 11 is 1.27. The van der Waals surface area contributed by atoms with Gasteiger partial charge in [-0.15, -0.1) is 10.2 Å². The average Bonchev–Trinajstić information content (AvgIpc) is 3.19. The fourth-order valence-corrected chi connectivity index (χ4v) is 3.90. The molecule has 0 aliphatic heterocycles. The molecule has 0 saturated carbocycles. The van der Waals surface area contributed by atoms with Crippen LogP contribution >= 0.6 is 11.8 Å². The van der Waals surface area contributed by atoms with E-state index >= 15 is 0 Å². The van der Waals surface area contributed by atoms with Gasteiger partial charge >= 0.3 is 0 Å². The van der Waals surface area contributed by atoms with E-state index in [1.165, 1.54) is 43.0 Å². The van der Waals surface area contributed by atoms with Crippen LogP contribution in [0.1, 0.15) is 36.5 Å². The molecule has 0 fully saturated rings. The SMILES string of the molecule is CCOc1ccc(-n2c(CCCNC(C)=O)nnc2SCC(=O)c2ccc(F)cc2)cc1. The zero-order chi connectivity index (χ0) is 22.9. The minimum Gasteiger partial charge on any atom is -0.494 e. The number of thioether (sulfide) groups is 1. The van der Waals surface area contributed by atoms with E-state index in [0.717, 1.165) is 17.3 Å². The van der Waals surface area contributed by atoms with Crippen LogP contribution in [0.4, 0.5) is 4.39 Å². The summed E-state index contributed by atoms with van der Waals surface area (Å²) in [5, 5.41) is 12.0. The van der Waals surface area contributed by atoms with Crippen molar-refractivity contribution in [2.24, 2.45) is 0 Å². The van der Waals surface area contributed by atoms with E-state index in [9.17, 15) is 14.0 Å². The second-order valence-corrected chi connectivity index (χ2v) is 7.91. The highest BCUT2D eigenvalue weighted by Crippen LogP contribution is 2.25. The van der Waals surface area contributed by atoms with E-state index < -0.39 is 0 Å². The lowest BCUT2D eigenvalue weighted by Gasteiger charge is -2.11. The number of nitrogens with one attached hydrogen (secondary N) is 1. The summed E-state index contributed by atoms with van der Waals surface area (Å²) in [5.41, 5.74) is 1.30. The molecule has 1 heterocycles. The number of aryl methyl sites for hydroxylation is 1. The maximum atomic E-state index is 13.1. The van der Waals surface area contributed by atoms with Crippen LogP contribution in [-0.2, 0) is 11.2 Å². The van der Waals surface area contributed by atoms with E-state index in [4.69, 9.17) is 4.74 Å². The Hall–Kier alpha value is -3.20. The Morgan fingerprint density at radius 3 is 2.47 bits per heavy atom. The zero-order valence-corrected chi connectivity index (χ0v) is 18.8. The molecule has 3 aromatic rings. The first-order valence-corrected chi connectivity index (χ1v) is 11.3. The van der Waals surface area contributed by atoms with Crippen LogP contribution in [0.15, 0.2) is 53.7 Å². The Morgan fingerprint density at radius 2 is 1.81 bits per heavy atom. The summed E-state index contributed by atoms with van der Waals surface area (Å²) in [6, 6.07) is 13.1. The van der Waals surface area contributed by atoms with Gasteiger partial charge in [-0.3, -0.25) is 14.2 Å². The number of ether oxygens (including phenoxy) is 1. The maximum absolute atomic E-state index is 13.1. The van der Waals surface area contributed by atoms with Gasteiger partial charge in [0, 0.05) is 31.1 Å². The quantitative estimate of drug-likeness (QED) is 0.268. The predicted octanol–water partition coefficient (Wildman–Crippen LogP) is 3.85. The lowest BCUT2D eigenvalue weighted by molar-refractivity contribution is -0.118. The van der Waals surface area contributed by atoms with Crippen molar-refractivity contribution >= 4 is 23.5 Å². The number of carbonyl (C=O) groups excluding carboxylic acids is 2. The molecule has 1 amide bonds. The monoisotopic (exact) mass is 456 g/mol. The molecule has 9 heteroatoms. The minimum atomic E-state index is -0.381. The summed E-state index contributed by atoms with van der Waals surface area (Å²) in [6.07, 6.45) is 1.31. The lowest BCUT2D eigenvalue weighted by atomic mass is 10.1. The Labute approximate surface area is 190 Å². The molecular formula is C23H25FN4O3S. The molecule has 3 rings (SSSR count). The molecule has 0 bridgehead atoms. The van der Waals surface area contributed by atoms with Crippen LogP contribution in [0.5, 0.6) is 5.75 Å². The van der Waals surface area contributed by atoms with Crippen LogP contribution in [-0.4, -0.2) is 45.4 Å². The number of hydrogen-bond acceptors (Lipinski definition) is 6. The lowest BCUT2D eigenvalue weighted by Crippen LogP contribution is -2.21. The number of amides is 1. The molecule has 7 nitrogen and oxygen atoms in total. The van der Waals surface area contributed by atoms with Gasteiger partial charge in [0.2, 0.25) is 5.91 Å². The smallest absolute Gasteiger partial charge is 0.216 e. The number of rotatable bonds is 11. The molecule has 0 spiro atoms. The highest BCUT2D eigenvalue weighted by atomic mass is 32.2. The van der Waals surface area contributed by atoms with Crippen molar-refractivity contribution in [3.05, 3.63) is 65.7 Å². The average molecular weight is 457 g/mol. The van der Waals surface area contributed by atoms with Gasteiger partial charge in [0.15, 0.2) is 10.9 Å². The Kier molecular flexibility index (Phi) is 8.38. The van der Waals surface area contributed by atoms with Crippen molar-refractivity contribution in [2.75, 3.05) is 18.9 Å². The maximum Gasteiger partial charge on any atom is 0.216 e. The molecule has 1 aromatic heterocycles. The number of benzene rings is 2. The van der Waals surface area contributed by atoms with Gasteiger partial charge in [-0.1, -0.05) is 11.8 Å². The Balaban J connectivity index is 1.78. The van der Waals surface area contributed by atoms with Gasteiger partial charge in [-0.2, -0.15) is 0 Å². The van der Waals surface area contributed by atoms with Crippen LogP contribution < -0.4 is 10.1 Å². The topological polar surface area (TPSA) is 86.1 Å². The van der Waals surface area contributed by atoms with Gasteiger partial charge in [0.25, 0.3) is 0 Å². The first-order chi connectivity index (χ1) is 15.5. The van der Waals surface area contributed by atoms with Crippen molar-refractivity contribution in [1.82, 2.24) is 20.1 Å². The number of aromatic nitrogens is 3. The largest absolute Gasteiger partial charge is 0.494 e. The third-order valence-corrected chi connectivity index (χ3v) is 5.48. The standard InChI is InChI=1S/C23H25FN4O3S/c1-3-31-20-12-10-19(11-13-20)28-22(5-4-14-25-16(2)29)26-27-23(28)32-15-21(30)17-6-8-18(24)9-7-17/h6-13H,3-5,14-15H2,1-2H3,(H,25,29). The van der Waals surface area contributed by atoms with Crippen LogP contribution in [0.2, 0.25) is 0 Å². The Morgan fingerprint density at radius 1 is 1.09 bits per heavy atom. The van der Waals surface area contributed by atoms with E-state index in [1.807, 2.05) is 35.8 Å². The highest BCUT2D eigenvalue weighted by Gasteiger charge is 2.17. The normalized spacial score (nSPS) is 10.7. The van der Waals surface area contributed by atoms with E-state index in [2.05, 4.69) is 15.5 Å². The summed E-state index contributed by atoms with van der Waals surface area (Å²) in [5.74, 6) is 1.06. The molecule has 0 atom stereocenters. The zero-order valence-electron chi connectivity index (χ0n) is 18.0.